The van der Waals surface area contributed by atoms with Gasteiger partial charge in [0.25, 0.3) is 0 Å². The Labute approximate surface area is 166 Å². The Bertz CT molecular complexity index is 724. The molecule has 1 aliphatic rings. The highest BCUT2D eigenvalue weighted by atomic mass is 127. The maximum Gasteiger partial charge on any atom is 0.191 e. The minimum absolute atomic E-state index is 0. The van der Waals surface area contributed by atoms with Crippen LogP contribution in [0.1, 0.15) is 42.0 Å². The van der Waals surface area contributed by atoms with Gasteiger partial charge < -0.3 is 15.2 Å². The van der Waals surface area contributed by atoms with Crippen molar-refractivity contribution >= 4 is 29.9 Å². The molecule has 6 nitrogen and oxygen atoms in total. The number of nitrogens with one attached hydrogen (secondary N) is 2. The van der Waals surface area contributed by atoms with Gasteiger partial charge in [-0.25, -0.2) is 0 Å². The molecule has 1 unspecified atom stereocenters. The predicted molar refractivity (Wildman–Crippen MR) is 112 cm³/mol. The number of benzene rings is 1. The second-order valence-electron chi connectivity index (χ2n) is 6.41. The van der Waals surface area contributed by atoms with E-state index in [9.17, 15) is 0 Å². The van der Waals surface area contributed by atoms with Crippen molar-refractivity contribution in [2.24, 2.45) is 4.99 Å². The van der Waals surface area contributed by atoms with Crippen LogP contribution in [0.3, 0.4) is 0 Å². The zero-order chi connectivity index (χ0) is 16.9. The third-order valence-corrected chi connectivity index (χ3v) is 4.51. The zero-order valence-electron chi connectivity index (χ0n) is 15.1. The molecule has 0 bridgehead atoms. The van der Waals surface area contributed by atoms with Gasteiger partial charge in [-0.2, -0.15) is 0 Å². The fourth-order valence-electron chi connectivity index (χ4n) is 3.07. The van der Waals surface area contributed by atoms with E-state index in [1.165, 1.54) is 17.5 Å². The molecule has 1 aromatic carbocycles. The van der Waals surface area contributed by atoms with E-state index in [1.54, 1.807) is 7.05 Å². The number of halogens is 1. The second kappa shape index (κ2) is 9.17. The number of aromatic nitrogens is 3. The van der Waals surface area contributed by atoms with Gasteiger partial charge in [-0.05, 0) is 24.8 Å². The Balaban J connectivity index is 0.00000225. The van der Waals surface area contributed by atoms with E-state index in [2.05, 4.69) is 68.5 Å². The van der Waals surface area contributed by atoms with Gasteiger partial charge in [-0.3, -0.25) is 4.99 Å². The van der Waals surface area contributed by atoms with Crippen LogP contribution in [-0.2, 0) is 19.5 Å². The first-order chi connectivity index (χ1) is 11.7. The molecule has 2 heterocycles. The van der Waals surface area contributed by atoms with Crippen LogP contribution in [0.25, 0.3) is 0 Å². The molecule has 2 N–H and O–H groups in total. The molecule has 25 heavy (non-hydrogen) atoms. The van der Waals surface area contributed by atoms with Crippen molar-refractivity contribution in [1.29, 1.82) is 0 Å². The summed E-state index contributed by atoms with van der Waals surface area (Å²) in [5, 5.41) is 15.2. The first-order valence-corrected chi connectivity index (χ1v) is 8.59. The number of hydrogen-bond donors (Lipinski definition) is 2. The van der Waals surface area contributed by atoms with Gasteiger partial charge in [0.05, 0.1) is 6.54 Å². The summed E-state index contributed by atoms with van der Waals surface area (Å²) in [6, 6.07) is 8.65. The van der Waals surface area contributed by atoms with Crippen molar-refractivity contribution in [1.82, 2.24) is 25.4 Å². The lowest BCUT2D eigenvalue weighted by molar-refractivity contribution is 0.654. The van der Waals surface area contributed by atoms with Crippen molar-refractivity contribution in [3.63, 3.8) is 0 Å². The van der Waals surface area contributed by atoms with E-state index in [-0.39, 0.29) is 24.0 Å². The normalized spacial score (nSPS) is 14.6. The SMILES string of the molecule is CN=C(NCc1nnc2n1CCC2)NCC(C)c1cccc(C)c1.I. The van der Waals surface area contributed by atoms with Gasteiger partial charge in [-0.1, -0.05) is 36.8 Å². The van der Waals surface area contributed by atoms with Crippen LogP contribution in [0, 0.1) is 6.92 Å². The minimum Gasteiger partial charge on any atom is -0.356 e. The highest BCUT2D eigenvalue weighted by molar-refractivity contribution is 14.0. The zero-order valence-corrected chi connectivity index (χ0v) is 17.4. The standard InChI is InChI=1S/C18H26N6.HI/c1-13-6-4-7-15(10-13)14(2)11-20-18(19-3)21-12-17-23-22-16-8-5-9-24(16)17;/h4,6-7,10,14H,5,8-9,11-12H2,1-3H3,(H2,19,20,21);1H. The lowest BCUT2D eigenvalue weighted by atomic mass is 9.99. The number of guanidine groups is 1. The van der Waals surface area contributed by atoms with E-state index in [0.29, 0.717) is 12.5 Å². The quantitative estimate of drug-likeness (QED) is 0.414. The van der Waals surface area contributed by atoms with Crippen LogP contribution in [0.4, 0.5) is 0 Å². The Morgan fingerprint density at radius 1 is 1.32 bits per heavy atom. The summed E-state index contributed by atoms with van der Waals surface area (Å²) >= 11 is 0. The van der Waals surface area contributed by atoms with Crippen molar-refractivity contribution < 1.29 is 0 Å². The molecule has 136 valence electrons. The molecule has 3 rings (SSSR count). The van der Waals surface area contributed by atoms with Crippen molar-refractivity contribution in [2.45, 2.75) is 45.7 Å². The molecule has 2 aromatic rings. The summed E-state index contributed by atoms with van der Waals surface area (Å²) in [6.45, 7) is 6.85. The number of aryl methyl sites for hydroxylation is 2. The topological polar surface area (TPSA) is 67.1 Å². The fraction of sp³-hybridized carbons (Fsp3) is 0.500. The fourth-order valence-corrected chi connectivity index (χ4v) is 3.07. The Hall–Kier alpha value is -1.64. The second-order valence-corrected chi connectivity index (χ2v) is 6.41. The van der Waals surface area contributed by atoms with Gasteiger partial charge in [0.1, 0.15) is 5.82 Å². The molecule has 0 aliphatic carbocycles. The molecule has 0 radical (unpaired) electrons. The molecule has 0 fully saturated rings. The van der Waals surface area contributed by atoms with E-state index < -0.39 is 0 Å². The van der Waals surface area contributed by atoms with Gasteiger partial charge in [0.2, 0.25) is 0 Å². The van der Waals surface area contributed by atoms with E-state index in [1.807, 2.05) is 0 Å². The summed E-state index contributed by atoms with van der Waals surface area (Å²) in [6.07, 6.45) is 2.20. The maximum atomic E-state index is 4.30. The Morgan fingerprint density at radius 2 is 2.16 bits per heavy atom. The highest BCUT2D eigenvalue weighted by Crippen LogP contribution is 2.15. The van der Waals surface area contributed by atoms with Crippen LogP contribution in [-0.4, -0.2) is 34.3 Å². The molecule has 0 saturated heterocycles. The summed E-state index contributed by atoms with van der Waals surface area (Å²) < 4.78 is 2.20. The Kier molecular flexibility index (Phi) is 7.22. The largest absolute Gasteiger partial charge is 0.356 e. The average Bonchev–Trinajstić information content (AvgIpc) is 3.19. The number of hydrogen-bond acceptors (Lipinski definition) is 3. The van der Waals surface area contributed by atoms with Crippen LogP contribution < -0.4 is 10.6 Å². The van der Waals surface area contributed by atoms with Crippen LogP contribution >= 0.6 is 24.0 Å². The molecule has 1 aliphatic heterocycles. The summed E-state index contributed by atoms with van der Waals surface area (Å²) in [5.74, 6) is 3.30. The van der Waals surface area contributed by atoms with E-state index >= 15 is 0 Å². The highest BCUT2D eigenvalue weighted by Gasteiger charge is 2.17. The van der Waals surface area contributed by atoms with Gasteiger partial charge in [0, 0.05) is 26.6 Å². The number of nitrogens with zero attached hydrogens (tertiary/aromatic N) is 4. The lowest BCUT2D eigenvalue weighted by Crippen LogP contribution is -2.39. The third-order valence-electron chi connectivity index (χ3n) is 4.51. The number of aliphatic imine (C=N–C) groups is 1. The maximum absolute atomic E-state index is 4.30. The van der Waals surface area contributed by atoms with E-state index in [4.69, 9.17) is 0 Å². The molecule has 7 heteroatoms. The van der Waals surface area contributed by atoms with E-state index in [0.717, 1.165) is 37.1 Å². The van der Waals surface area contributed by atoms with Crippen LogP contribution in [0.15, 0.2) is 29.3 Å². The monoisotopic (exact) mass is 454 g/mol. The van der Waals surface area contributed by atoms with Crippen molar-refractivity contribution in [3.05, 3.63) is 47.0 Å². The molecule has 1 aromatic heterocycles. The van der Waals surface area contributed by atoms with Crippen molar-refractivity contribution in [3.8, 4) is 0 Å². The van der Waals surface area contributed by atoms with Crippen LogP contribution in [0.2, 0.25) is 0 Å². The first kappa shape index (κ1) is 19.7. The predicted octanol–water partition coefficient (Wildman–Crippen LogP) is 2.62. The number of fused-ring (bicyclic) bond motifs is 1. The van der Waals surface area contributed by atoms with Crippen LogP contribution in [0.5, 0.6) is 0 Å². The van der Waals surface area contributed by atoms with Crippen molar-refractivity contribution in [2.75, 3.05) is 13.6 Å². The summed E-state index contributed by atoms with van der Waals surface area (Å²) in [4.78, 5) is 4.30. The van der Waals surface area contributed by atoms with Gasteiger partial charge in [-0.15, -0.1) is 34.2 Å². The molecule has 0 saturated carbocycles. The average molecular weight is 454 g/mol. The molecule has 0 spiro atoms. The number of rotatable bonds is 5. The summed E-state index contributed by atoms with van der Waals surface area (Å²) in [5.41, 5.74) is 2.63. The first-order valence-electron chi connectivity index (χ1n) is 8.59. The third kappa shape index (κ3) is 4.93. The minimum atomic E-state index is 0. The van der Waals surface area contributed by atoms with Gasteiger partial charge in [0.15, 0.2) is 11.8 Å². The molecular formula is C18H27IN6. The van der Waals surface area contributed by atoms with Gasteiger partial charge >= 0.3 is 0 Å². The molecular weight excluding hydrogens is 427 g/mol. The molecule has 1 atom stereocenters. The summed E-state index contributed by atoms with van der Waals surface area (Å²) in [7, 11) is 1.79. The smallest absolute Gasteiger partial charge is 0.191 e. The molecule has 0 amide bonds. The lowest BCUT2D eigenvalue weighted by Gasteiger charge is -2.16. The Morgan fingerprint density at radius 3 is 2.92 bits per heavy atom.